The number of nitrogens with two attached hydrogens (primary N) is 2. The third-order valence-corrected chi connectivity index (χ3v) is 8.49. The van der Waals surface area contributed by atoms with Crippen LogP contribution in [0.4, 0.5) is 20.5 Å². The van der Waals surface area contributed by atoms with E-state index in [1.807, 2.05) is 0 Å². The van der Waals surface area contributed by atoms with Crippen LogP contribution >= 0.6 is 15.9 Å². The fourth-order valence-corrected chi connectivity index (χ4v) is 6.38. The molecule has 6 heterocycles. The maximum atomic E-state index is 15.7. The van der Waals surface area contributed by atoms with E-state index in [0.29, 0.717) is 0 Å². The van der Waals surface area contributed by atoms with Crippen LogP contribution in [0.15, 0.2) is 23.8 Å². The lowest BCUT2D eigenvalue weighted by Crippen LogP contribution is -2.35. The SMILES string of the molecule is Nc1nc2c(ncn2[C@@H]2O[C@H](CO)C(OP(=O)(O)OC[C@H]3O[C@@H](n4cnc5c(N)ncnc54)[C@@H](F)C3OC[P+](=O)O)C2F)c(=O)[nH]1. The van der Waals surface area contributed by atoms with Gasteiger partial charge in [-0.2, -0.15) is 9.88 Å². The number of ether oxygens (including phenoxy) is 3. The molecule has 5 unspecified atom stereocenters. The Hall–Kier alpha value is -3.63. The van der Waals surface area contributed by atoms with E-state index in [0.717, 1.165) is 28.1 Å². The van der Waals surface area contributed by atoms with Crippen LogP contribution in [-0.4, -0.2) is 110 Å². The fraction of sp³-hybridized carbons (Fsp3) is 0.524. The van der Waals surface area contributed by atoms with E-state index in [4.69, 9.17) is 34.7 Å². The predicted octanol–water partition coefficient (Wildman–Crippen LogP) is -0.833. The molecule has 2 aliphatic rings. The van der Waals surface area contributed by atoms with E-state index in [1.165, 1.54) is 0 Å². The first-order valence-electron chi connectivity index (χ1n) is 13.1. The summed E-state index contributed by atoms with van der Waals surface area (Å²) in [7, 11) is -8.10. The summed E-state index contributed by atoms with van der Waals surface area (Å²) in [5, 5.41) is 9.80. The van der Waals surface area contributed by atoms with Crippen LogP contribution in [0.2, 0.25) is 0 Å². The third kappa shape index (κ3) is 5.97. The number of phosphoric ester groups is 1. The number of nitrogens with one attached hydrogen (secondary N) is 1. The van der Waals surface area contributed by atoms with Crippen molar-refractivity contribution in [1.29, 1.82) is 0 Å². The fourth-order valence-electron chi connectivity index (χ4n) is 5.13. The van der Waals surface area contributed by atoms with Crippen molar-refractivity contribution in [2.24, 2.45) is 0 Å². The Bertz CT molecular complexity index is 1880. The molecule has 46 heavy (non-hydrogen) atoms. The van der Waals surface area contributed by atoms with Gasteiger partial charge in [0.15, 0.2) is 47.4 Å². The summed E-state index contributed by atoms with van der Waals surface area (Å²) in [4.78, 5) is 53.7. The van der Waals surface area contributed by atoms with Crippen molar-refractivity contribution in [3.05, 3.63) is 29.3 Å². The van der Waals surface area contributed by atoms with Crippen LogP contribution < -0.4 is 17.0 Å². The summed E-state index contributed by atoms with van der Waals surface area (Å²) in [6.45, 7) is -1.76. The lowest BCUT2D eigenvalue weighted by molar-refractivity contribution is -0.0618. The molecule has 6 rings (SSSR count). The van der Waals surface area contributed by atoms with Gasteiger partial charge in [0, 0.05) is 0 Å². The molecule has 0 amide bonds. The quantitative estimate of drug-likeness (QED) is 0.104. The summed E-state index contributed by atoms with van der Waals surface area (Å²) in [6.07, 6.45) is -11.4. The van der Waals surface area contributed by atoms with Crippen molar-refractivity contribution in [2.75, 3.05) is 31.0 Å². The Balaban J connectivity index is 1.18. The number of rotatable bonds is 11. The highest BCUT2D eigenvalue weighted by Gasteiger charge is 2.52. The highest BCUT2D eigenvalue weighted by molar-refractivity contribution is 7.47. The minimum Gasteiger partial charge on any atom is -0.394 e. The van der Waals surface area contributed by atoms with Crippen LogP contribution in [0, 0.1) is 0 Å². The first-order valence-corrected chi connectivity index (χ1v) is 16.0. The molecule has 4 aromatic rings. The molecule has 0 bridgehead atoms. The minimum atomic E-state index is -5.23. The zero-order valence-corrected chi connectivity index (χ0v) is 24.8. The second-order valence-electron chi connectivity index (χ2n) is 10.0. The second kappa shape index (κ2) is 12.5. The van der Waals surface area contributed by atoms with E-state index >= 15 is 8.78 Å². The van der Waals surface area contributed by atoms with Gasteiger partial charge in [-0.1, -0.05) is 0 Å². The first-order chi connectivity index (χ1) is 21.9. The average Bonchev–Trinajstić information content (AvgIpc) is 3.76. The summed E-state index contributed by atoms with van der Waals surface area (Å²) in [5.41, 5.74) is 10.5. The second-order valence-corrected chi connectivity index (χ2v) is 12.4. The molecule has 0 aromatic carbocycles. The van der Waals surface area contributed by atoms with Gasteiger partial charge in [-0.15, -0.1) is 0 Å². The molecule has 25 heteroatoms. The van der Waals surface area contributed by atoms with Crippen LogP contribution in [0.3, 0.4) is 0 Å². The van der Waals surface area contributed by atoms with E-state index in [2.05, 4.69) is 29.9 Å². The standard InChI is InChI=1S/C21H24F2N10O11P2/c22-9-13(40-6-45(36)37)8(43-19(9)32-4-28-11-15(24)26-3-27-16(11)32)2-41-46(38,39)44-14-7(1-34)42-20(10(14)23)33-5-29-12-17(33)30-21(25)31-18(12)35/h3-5,7-10,13-14,19-20,34H,1-2,6H2,(H6-,24,25,26,27,30,31,35,36,37,38,39)/p+1/t7-,8-,9+,10?,13?,14?,19-,20-/m1/s1. The normalized spacial score (nSPS) is 29.9. The molecule has 248 valence electrons. The number of alkyl halides is 2. The molecule has 10 atom stereocenters. The van der Waals surface area contributed by atoms with Crippen molar-refractivity contribution in [2.45, 2.75) is 49.2 Å². The number of hydrogen-bond acceptors (Lipinski definition) is 16. The Morgan fingerprint density at radius 3 is 2.37 bits per heavy atom. The highest BCUT2D eigenvalue weighted by Crippen LogP contribution is 2.50. The summed E-state index contributed by atoms with van der Waals surface area (Å²) in [6, 6.07) is 0. The Morgan fingerprint density at radius 2 is 1.67 bits per heavy atom. The van der Waals surface area contributed by atoms with E-state index in [1.54, 1.807) is 0 Å². The van der Waals surface area contributed by atoms with Gasteiger partial charge in [0.05, 0.1) is 25.9 Å². The lowest BCUT2D eigenvalue weighted by atomic mass is 10.1. The topological polar surface area (TPSA) is 300 Å². The minimum absolute atomic E-state index is 0.00115. The van der Waals surface area contributed by atoms with Gasteiger partial charge in [0.1, 0.15) is 36.3 Å². The van der Waals surface area contributed by atoms with Gasteiger partial charge in [0.2, 0.25) is 5.95 Å². The summed E-state index contributed by atoms with van der Waals surface area (Å²) >= 11 is 0. The molecular weight excluding hydrogens is 668 g/mol. The maximum absolute atomic E-state index is 15.7. The van der Waals surface area contributed by atoms with Crippen molar-refractivity contribution in [3.63, 3.8) is 0 Å². The molecule has 2 aliphatic heterocycles. The Kier molecular flexibility index (Phi) is 8.80. The van der Waals surface area contributed by atoms with E-state index in [-0.39, 0.29) is 34.1 Å². The smallest absolute Gasteiger partial charge is 0.394 e. The number of nitrogens with zero attached hydrogens (tertiary/aromatic N) is 7. The largest absolute Gasteiger partial charge is 0.534 e. The van der Waals surface area contributed by atoms with Gasteiger partial charge >= 0.3 is 15.9 Å². The lowest BCUT2D eigenvalue weighted by Gasteiger charge is -2.23. The Labute approximate surface area is 254 Å². The van der Waals surface area contributed by atoms with E-state index in [9.17, 15) is 28.8 Å². The van der Waals surface area contributed by atoms with Crippen LogP contribution in [-0.2, 0) is 32.4 Å². The van der Waals surface area contributed by atoms with Crippen molar-refractivity contribution in [3.8, 4) is 0 Å². The number of aromatic nitrogens is 8. The van der Waals surface area contributed by atoms with Gasteiger partial charge in [-0.3, -0.25) is 28.0 Å². The molecule has 2 saturated heterocycles. The van der Waals surface area contributed by atoms with Crippen LogP contribution in [0.25, 0.3) is 22.3 Å². The molecule has 8 N–H and O–H groups in total. The predicted molar refractivity (Wildman–Crippen MR) is 147 cm³/mol. The van der Waals surface area contributed by atoms with Gasteiger partial charge in [-0.25, -0.2) is 33.3 Å². The van der Waals surface area contributed by atoms with Crippen molar-refractivity contribution in [1.82, 2.24) is 39.0 Å². The van der Waals surface area contributed by atoms with Gasteiger partial charge in [0.25, 0.3) is 11.9 Å². The molecule has 0 saturated carbocycles. The third-order valence-electron chi connectivity index (χ3n) is 7.13. The van der Waals surface area contributed by atoms with Crippen LogP contribution in [0.5, 0.6) is 0 Å². The van der Waals surface area contributed by atoms with Gasteiger partial charge in [-0.05, 0) is 4.57 Å². The number of phosphoric acid groups is 1. The number of anilines is 2. The van der Waals surface area contributed by atoms with Crippen LogP contribution in [0.1, 0.15) is 12.5 Å². The number of halogens is 2. The van der Waals surface area contributed by atoms with Crippen molar-refractivity contribution >= 4 is 49.9 Å². The molecule has 0 spiro atoms. The number of hydrogen-bond donors (Lipinski definition) is 6. The van der Waals surface area contributed by atoms with Crippen molar-refractivity contribution < 1.29 is 56.1 Å². The maximum Gasteiger partial charge on any atom is 0.534 e. The Morgan fingerprint density at radius 1 is 1.02 bits per heavy atom. The number of aliphatic hydroxyl groups is 1. The number of fused-ring (bicyclic) bond motifs is 2. The highest BCUT2D eigenvalue weighted by atomic mass is 31.2. The zero-order valence-electron chi connectivity index (χ0n) is 23.0. The number of aromatic amines is 1. The van der Waals surface area contributed by atoms with Gasteiger partial charge < -0.3 is 35.7 Å². The van der Waals surface area contributed by atoms with E-state index < -0.39 is 90.2 Å². The summed E-state index contributed by atoms with van der Waals surface area (Å²) in [5.74, 6) is -0.299. The zero-order chi connectivity index (χ0) is 32.9. The summed E-state index contributed by atoms with van der Waals surface area (Å²) < 4.78 is 84.3. The first kappa shape index (κ1) is 32.3. The average molecular weight is 693 g/mol. The number of nitrogen functional groups attached to an aromatic ring is 2. The number of H-pyrrole nitrogens is 1. The molecular formula is C21H25F2N10O11P2+. The number of imidazole rings is 2. The number of aliphatic hydroxyl groups excluding tert-OH is 1. The monoisotopic (exact) mass is 693 g/mol. The molecule has 0 radical (unpaired) electrons. The molecule has 2 fully saturated rings. The molecule has 4 aromatic heterocycles. The molecule has 0 aliphatic carbocycles. The molecule has 21 nitrogen and oxygen atoms in total.